The maximum atomic E-state index is 13.0. The Morgan fingerprint density at radius 1 is 1.11 bits per heavy atom. The third-order valence-electron chi connectivity index (χ3n) is 6.17. The smallest absolute Gasteiger partial charge is 0.543 e. The monoisotopic (exact) mass is 486 g/mol. The second kappa shape index (κ2) is 13.4. The number of hydrogen-bond acceptors (Lipinski definition) is 7. The van der Waals surface area contributed by atoms with Crippen molar-refractivity contribution in [2.45, 2.75) is 51.1 Å². The van der Waals surface area contributed by atoms with Gasteiger partial charge in [0.25, 0.3) is 5.91 Å². The first kappa shape index (κ1) is 27.7. The van der Waals surface area contributed by atoms with Crippen LogP contribution in [-0.2, 0) is 11.3 Å². The molecule has 1 aromatic carbocycles. The molecule has 3 N–H and O–H groups in total. The Kier molecular flexibility index (Phi) is 10.3. The van der Waals surface area contributed by atoms with Crippen molar-refractivity contribution in [1.82, 2.24) is 19.6 Å². The standard InChI is InChI=1S/C25H32N6O4.Li/c26-10-3-1-2-4-11-30-16-20(15-27-30)18-6-5-7-19(14-18)24(32)28-22-17-31(29-23(22)25(33)34)21-8-12-35-13-9-21;/h5-7,14-17,21H,1-4,8-13,26H2,(H,28,32)(H,33,34);/q;+1/p-1. The second-order valence-electron chi connectivity index (χ2n) is 8.73. The number of carboxylic acids is 1. The molecular weight excluding hydrogens is 455 g/mol. The summed E-state index contributed by atoms with van der Waals surface area (Å²) in [5.74, 6) is -1.86. The number of rotatable bonds is 11. The average Bonchev–Trinajstić information content (AvgIpc) is 3.52. The van der Waals surface area contributed by atoms with E-state index in [0.29, 0.717) is 18.8 Å². The zero-order chi connectivity index (χ0) is 24.6. The number of benzene rings is 1. The predicted molar refractivity (Wildman–Crippen MR) is 129 cm³/mol. The summed E-state index contributed by atoms with van der Waals surface area (Å²) in [4.78, 5) is 24.6. The molecule has 10 nitrogen and oxygen atoms in total. The molecule has 0 saturated carbocycles. The number of nitrogens with zero attached hydrogens (tertiary/aromatic N) is 4. The summed E-state index contributed by atoms with van der Waals surface area (Å²) in [7, 11) is 0. The zero-order valence-corrected chi connectivity index (χ0v) is 20.7. The number of carbonyl (C=O) groups excluding carboxylic acids is 2. The molecule has 0 spiro atoms. The molecule has 2 aromatic heterocycles. The van der Waals surface area contributed by atoms with Crippen molar-refractivity contribution in [2.75, 3.05) is 25.1 Å². The van der Waals surface area contributed by atoms with Gasteiger partial charge in [-0.15, -0.1) is 0 Å². The van der Waals surface area contributed by atoms with E-state index in [0.717, 1.165) is 62.7 Å². The van der Waals surface area contributed by atoms with Gasteiger partial charge in [0.2, 0.25) is 0 Å². The number of unbranched alkanes of at least 4 members (excludes halogenated alkanes) is 3. The number of nitrogens with one attached hydrogen (secondary N) is 1. The first-order chi connectivity index (χ1) is 17.0. The van der Waals surface area contributed by atoms with Gasteiger partial charge in [0, 0.05) is 43.3 Å². The Bertz CT molecular complexity index is 1160. The van der Waals surface area contributed by atoms with Crippen LogP contribution in [0.4, 0.5) is 5.69 Å². The Morgan fingerprint density at radius 3 is 2.64 bits per heavy atom. The van der Waals surface area contributed by atoms with Crippen molar-refractivity contribution in [3.8, 4) is 11.1 Å². The Morgan fingerprint density at radius 2 is 1.89 bits per heavy atom. The Hall–Kier alpha value is -2.90. The molecule has 11 heteroatoms. The number of carbonyl (C=O) groups is 2. The minimum atomic E-state index is -1.43. The Balaban J connectivity index is 0.00000361. The molecule has 1 amide bonds. The van der Waals surface area contributed by atoms with E-state index in [2.05, 4.69) is 15.5 Å². The van der Waals surface area contributed by atoms with Crippen LogP contribution in [0.1, 0.15) is 65.4 Å². The van der Waals surface area contributed by atoms with Gasteiger partial charge in [-0.05, 0) is 49.9 Å². The number of ether oxygens (including phenoxy) is 1. The molecule has 3 aromatic rings. The van der Waals surface area contributed by atoms with Crippen molar-refractivity contribution in [3.63, 3.8) is 0 Å². The molecule has 1 aliphatic heterocycles. The largest absolute Gasteiger partial charge is 1.00 e. The zero-order valence-electron chi connectivity index (χ0n) is 20.7. The van der Waals surface area contributed by atoms with Gasteiger partial charge < -0.3 is 25.7 Å². The van der Waals surface area contributed by atoms with Crippen LogP contribution >= 0.6 is 0 Å². The van der Waals surface area contributed by atoms with E-state index in [1.165, 1.54) is 0 Å². The molecule has 0 unspecified atom stereocenters. The minimum absolute atomic E-state index is 0. The molecule has 1 saturated heterocycles. The van der Waals surface area contributed by atoms with E-state index < -0.39 is 11.9 Å². The number of aromatic carboxylic acids is 1. The molecule has 1 aliphatic rings. The van der Waals surface area contributed by atoms with Crippen molar-refractivity contribution in [3.05, 3.63) is 54.1 Å². The van der Waals surface area contributed by atoms with Crippen LogP contribution in [0.3, 0.4) is 0 Å². The van der Waals surface area contributed by atoms with Gasteiger partial charge in [0.1, 0.15) is 5.69 Å². The molecule has 1 fully saturated rings. The predicted octanol–water partition coefficient (Wildman–Crippen LogP) is -0.763. The summed E-state index contributed by atoms with van der Waals surface area (Å²) < 4.78 is 8.85. The summed E-state index contributed by atoms with van der Waals surface area (Å²) in [6.45, 7) is 2.73. The van der Waals surface area contributed by atoms with Gasteiger partial charge in [0.05, 0.1) is 23.9 Å². The maximum absolute atomic E-state index is 13.0. The fourth-order valence-corrected chi connectivity index (χ4v) is 4.21. The molecule has 36 heavy (non-hydrogen) atoms. The summed E-state index contributed by atoms with van der Waals surface area (Å²) in [6.07, 6.45) is 11.1. The van der Waals surface area contributed by atoms with Crippen LogP contribution in [0.5, 0.6) is 0 Å². The second-order valence-corrected chi connectivity index (χ2v) is 8.73. The molecule has 186 valence electrons. The van der Waals surface area contributed by atoms with E-state index in [-0.39, 0.29) is 36.3 Å². The van der Waals surface area contributed by atoms with Gasteiger partial charge in [-0.2, -0.15) is 10.2 Å². The van der Waals surface area contributed by atoms with Crippen LogP contribution in [0.15, 0.2) is 42.9 Å². The van der Waals surface area contributed by atoms with Crippen molar-refractivity contribution >= 4 is 17.6 Å². The van der Waals surface area contributed by atoms with E-state index >= 15 is 0 Å². The number of nitrogens with two attached hydrogens (primary N) is 1. The fraction of sp³-hybridized carbons (Fsp3) is 0.440. The van der Waals surface area contributed by atoms with Gasteiger partial charge in [0.15, 0.2) is 0 Å². The van der Waals surface area contributed by atoms with Crippen LogP contribution < -0.4 is 35.0 Å². The number of amides is 1. The van der Waals surface area contributed by atoms with Gasteiger partial charge in [-0.3, -0.25) is 14.2 Å². The van der Waals surface area contributed by atoms with E-state index in [9.17, 15) is 14.7 Å². The molecule has 0 aliphatic carbocycles. The van der Waals surface area contributed by atoms with E-state index in [4.69, 9.17) is 10.5 Å². The Labute approximate surface area is 222 Å². The maximum Gasteiger partial charge on any atom is 1.00 e. The number of anilines is 1. The topological polar surface area (TPSA) is 140 Å². The molecule has 3 heterocycles. The van der Waals surface area contributed by atoms with Crippen LogP contribution in [0, 0.1) is 0 Å². The summed E-state index contributed by atoms with van der Waals surface area (Å²) in [5, 5.41) is 22.9. The third-order valence-corrected chi connectivity index (χ3v) is 6.17. The molecule has 0 atom stereocenters. The first-order valence-electron chi connectivity index (χ1n) is 12.1. The number of aryl methyl sites for hydroxylation is 1. The first-order valence-corrected chi connectivity index (χ1v) is 12.1. The van der Waals surface area contributed by atoms with E-state index in [1.54, 1.807) is 35.3 Å². The minimum Gasteiger partial charge on any atom is -0.543 e. The average molecular weight is 487 g/mol. The van der Waals surface area contributed by atoms with Gasteiger partial charge in [-0.1, -0.05) is 25.0 Å². The number of carboxylic acid groups (broad SMARTS) is 1. The van der Waals surface area contributed by atoms with Crippen LogP contribution in [0.2, 0.25) is 0 Å². The third kappa shape index (κ3) is 7.08. The molecule has 0 bridgehead atoms. The fourth-order valence-electron chi connectivity index (χ4n) is 4.21. The van der Waals surface area contributed by atoms with E-state index in [1.807, 2.05) is 16.9 Å². The van der Waals surface area contributed by atoms with Crippen LogP contribution in [-0.4, -0.2) is 51.2 Å². The van der Waals surface area contributed by atoms with Crippen LogP contribution in [0.25, 0.3) is 11.1 Å². The molecular formula is C25H31LiN6O4. The normalized spacial score (nSPS) is 13.8. The summed E-state index contributed by atoms with van der Waals surface area (Å²) in [5.41, 5.74) is 7.53. The van der Waals surface area contributed by atoms with Crippen molar-refractivity contribution in [1.29, 1.82) is 0 Å². The van der Waals surface area contributed by atoms with Crippen molar-refractivity contribution < 1.29 is 38.3 Å². The quantitative estimate of drug-likeness (QED) is 0.268. The number of hydrogen-bond donors (Lipinski definition) is 2. The van der Waals surface area contributed by atoms with Gasteiger partial charge in [-0.25, -0.2) is 0 Å². The summed E-state index contributed by atoms with van der Waals surface area (Å²) >= 11 is 0. The van der Waals surface area contributed by atoms with Gasteiger partial charge >= 0.3 is 18.9 Å². The summed E-state index contributed by atoms with van der Waals surface area (Å²) in [6, 6.07) is 7.17. The molecule has 0 radical (unpaired) electrons. The molecule has 4 rings (SSSR count). The SMILES string of the molecule is NCCCCCCn1cc(-c2cccc(C(=O)Nc3cn(C4CCOCC4)nc3C(=O)[O-])c2)cn1.[Li+]. The van der Waals surface area contributed by atoms with Crippen molar-refractivity contribution in [2.24, 2.45) is 5.73 Å². The number of aromatic nitrogens is 4.